The molecular formula is C23H26N2. The Labute approximate surface area is 149 Å². The third kappa shape index (κ3) is 2.43. The van der Waals surface area contributed by atoms with E-state index in [1.807, 2.05) is 0 Å². The van der Waals surface area contributed by atoms with E-state index >= 15 is 0 Å². The molecule has 0 amide bonds. The highest BCUT2D eigenvalue weighted by atomic mass is 15.2. The highest BCUT2D eigenvalue weighted by Crippen LogP contribution is 2.50. The molecule has 2 bridgehead atoms. The molecule has 1 N–H and O–H groups in total. The van der Waals surface area contributed by atoms with E-state index in [4.69, 9.17) is 0 Å². The van der Waals surface area contributed by atoms with Crippen LogP contribution in [-0.4, -0.2) is 16.4 Å². The van der Waals surface area contributed by atoms with Gasteiger partial charge in [-0.25, -0.2) is 0 Å². The number of para-hydroxylation sites is 1. The highest BCUT2D eigenvalue weighted by Gasteiger charge is 2.43. The second kappa shape index (κ2) is 6.03. The van der Waals surface area contributed by atoms with Gasteiger partial charge in [0.25, 0.3) is 0 Å². The molecule has 2 nitrogen and oxygen atoms in total. The van der Waals surface area contributed by atoms with Crippen molar-refractivity contribution in [1.82, 2.24) is 9.88 Å². The Balaban J connectivity index is 1.61. The van der Waals surface area contributed by atoms with Gasteiger partial charge in [0, 0.05) is 29.2 Å². The van der Waals surface area contributed by atoms with Crippen molar-refractivity contribution in [2.24, 2.45) is 11.8 Å². The van der Waals surface area contributed by atoms with E-state index in [1.165, 1.54) is 48.0 Å². The molecule has 5 rings (SSSR count). The van der Waals surface area contributed by atoms with Crippen molar-refractivity contribution in [3.05, 3.63) is 71.4 Å². The first-order chi connectivity index (χ1) is 12.3. The zero-order chi connectivity index (χ0) is 16.8. The van der Waals surface area contributed by atoms with Gasteiger partial charge in [0.1, 0.15) is 0 Å². The molecule has 2 heterocycles. The third-order valence-corrected chi connectivity index (χ3v) is 6.48. The van der Waals surface area contributed by atoms with Gasteiger partial charge in [0.2, 0.25) is 0 Å². The topological polar surface area (TPSA) is 19.0 Å². The maximum atomic E-state index is 3.75. The Bertz CT molecular complexity index is 880. The van der Waals surface area contributed by atoms with Crippen LogP contribution in [0, 0.1) is 11.8 Å². The molecule has 3 aromatic rings. The Morgan fingerprint density at radius 3 is 2.68 bits per heavy atom. The van der Waals surface area contributed by atoms with Crippen LogP contribution in [0.3, 0.4) is 0 Å². The minimum absolute atomic E-state index is 0.559. The molecule has 1 aliphatic carbocycles. The first-order valence-corrected chi connectivity index (χ1v) is 9.72. The number of hydrogen-bond donors (Lipinski definition) is 1. The molecule has 2 heteroatoms. The summed E-state index contributed by atoms with van der Waals surface area (Å²) in [6.07, 6.45) is 3.84. The summed E-state index contributed by atoms with van der Waals surface area (Å²) in [5.74, 6) is 1.62. The van der Waals surface area contributed by atoms with Crippen LogP contribution in [0.4, 0.5) is 0 Å². The van der Waals surface area contributed by atoms with Crippen LogP contribution in [0.2, 0.25) is 0 Å². The maximum absolute atomic E-state index is 3.75. The molecule has 0 unspecified atom stereocenters. The molecule has 1 aromatic heterocycles. The molecule has 2 aromatic carbocycles. The molecule has 1 aliphatic heterocycles. The zero-order valence-corrected chi connectivity index (χ0v) is 14.9. The van der Waals surface area contributed by atoms with Gasteiger partial charge in [0.15, 0.2) is 0 Å². The summed E-state index contributed by atoms with van der Waals surface area (Å²) < 4.78 is 0. The van der Waals surface area contributed by atoms with E-state index in [2.05, 4.69) is 71.4 Å². The number of nitrogens with one attached hydrogen (secondary N) is 1. The number of piperidine rings is 1. The molecule has 128 valence electrons. The van der Waals surface area contributed by atoms with E-state index in [1.54, 1.807) is 5.56 Å². The monoisotopic (exact) mass is 330 g/mol. The highest BCUT2D eigenvalue weighted by molar-refractivity contribution is 5.85. The predicted octanol–water partition coefficient (Wildman–Crippen LogP) is 5.31. The molecule has 0 saturated carbocycles. The van der Waals surface area contributed by atoms with Gasteiger partial charge in [-0.1, -0.05) is 61.9 Å². The van der Waals surface area contributed by atoms with Crippen LogP contribution >= 0.6 is 0 Å². The molecule has 3 atom stereocenters. The lowest BCUT2D eigenvalue weighted by Gasteiger charge is -2.49. The van der Waals surface area contributed by atoms with E-state index in [0.717, 1.165) is 18.4 Å². The number of H-pyrrole nitrogens is 1. The quantitative estimate of drug-likeness (QED) is 0.689. The molecular weight excluding hydrogens is 304 g/mol. The number of nitrogens with zero attached hydrogens (tertiary/aromatic N) is 1. The lowest BCUT2D eigenvalue weighted by molar-refractivity contribution is 0.0277. The van der Waals surface area contributed by atoms with Crippen molar-refractivity contribution in [1.29, 1.82) is 0 Å². The number of benzene rings is 2. The zero-order valence-electron chi connectivity index (χ0n) is 14.9. The number of likely N-dealkylation sites (tertiary alicyclic amines) is 1. The van der Waals surface area contributed by atoms with Gasteiger partial charge in [-0.2, -0.15) is 0 Å². The fraction of sp³-hybridized carbons (Fsp3) is 0.391. The largest absolute Gasteiger partial charge is 0.358 e. The summed E-state index contributed by atoms with van der Waals surface area (Å²) in [6, 6.07) is 20.4. The van der Waals surface area contributed by atoms with Gasteiger partial charge < -0.3 is 4.98 Å². The number of fused-ring (bicyclic) bond motifs is 6. The van der Waals surface area contributed by atoms with Crippen molar-refractivity contribution < 1.29 is 0 Å². The minimum atomic E-state index is 0.559. The van der Waals surface area contributed by atoms with Crippen LogP contribution in [-0.2, 0) is 13.0 Å². The number of aromatic amines is 1. The fourth-order valence-electron chi connectivity index (χ4n) is 5.40. The van der Waals surface area contributed by atoms with Crippen LogP contribution in [0.25, 0.3) is 10.9 Å². The summed E-state index contributed by atoms with van der Waals surface area (Å²) in [6.45, 7) is 4.67. The lowest BCUT2D eigenvalue weighted by Crippen LogP contribution is -2.46. The summed E-state index contributed by atoms with van der Waals surface area (Å²) in [4.78, 5) is 6.50. The fourth-order valence-corrected chi connectivity index (χ4v) is 5.40. The standard InChI is InChI=1S/C23H26N2/c1-2-18-17-12-13-25(15-16-8-4-3-5-9-16)23(18)22-19-10-6-7-11-20(19)24-21(22)14-17/h3-11,17-18,23-24H,2,12-15H2,1H3/t17-,18+,23-/m1/s1. The molecule has 1 saturated heterocycles. The molecule has 25 heavy (non-hydrogen) atoms. The lowest BCUT2D eigenvalue weighted by atomic mass is 9.68. The Kier molecular flexibility index (Phi) is 3.67. The Morgan fingerprint density at radius 2 is 1.84 bits per heavy atom. The van der Waals surface area contributed by atoms with Crippen molar-refractivity contribution in [3.8, 4) is 0 Å². The smallest absolute Gasteiger partial charge is 0.0459 e. The SMILES string of the molecule is CC[C@H]1[C@@H]2CCN(Cc3ccccc3)[C@H]1c1c([nH]c3ccccc13)C2. The van der Waals surface area contributed by atoms with Crippen molar-refractivity contribution in [2.45, 2.75) is 38.8 Å². The van der Waals surface area contributed by atoms with Crippen LogP contribution in [0.1, 0.15) is 42.6 Å². The van der Waals surface area contributed by atoms with E-state index in [-0.39, 0.29) is 0 Å². The van der Waals surface area contributed by atoms with E-state index in [9.17, 15) is 0 Å². The molecule has 0 radical (unpaired) electrons. The minimum Gasteiger partial charge on any atom is -0.358 e. The summed E-state index contributed by atoms with van der Waals surface area (Å²) in [5.41, 5.74) is 5.84. The number of aromatic nitrogens is 1. The second-order valence-corrected chi connectivity index (χ2v) is 7.79. The van der Waals surface area contributed by atoms with Crippen molar-refractivity contribution in [3.63, 3.8) is 0 Å². The van der Waals surface area contributed by atoms with E-state index in [0.29, 0.717) is 6.04 Å². The Hall–Kier alpha value is -2.06. The average Bonchev–Trinajstić information content (AvgIpc) is 3.02. The summed E-state index contributed by atoms with van der Waals surface area (Å²) >= 11 is 0. The average molecular weight is 330 g/mol. The van der Waals surface area contributed by atoms with E-state index < -0.39 is 0 Å². The molecule has 2 aliphatic rings. The molecule has 0 spiro atoms. The van der Waals surface area contributed by atoms with Crippen molar-refractivity contribution >= 4 is 10.9 Å². The summed E-state index contributed by atoms with van der Waals surface area (Å²) in [7, 11) is 0. The van der Waals surface area contributed by atoms with Crippen LogP contribution in [0.5, 0.6) is 0 Å². The van der Waals surface area contributed by atoms with Gasteiger partial charge >= 0.3 is 0 Å². The van der Waals surface area contributed by atoms with Gasteiger partial charge in [-0.05, 0) is 48.4 Å². The predicted molar refractivity (Wildman–Crippen MR) is 103 cm³/mol. The second-order valence-electron chi connectivity index (χ2n) is 7.79. The number of rotatable bonds is 3. The third-order valence-electron chi connectivity index (χ3n) is 6.48. The maximum Gasteiger partial charge on any atom is 0.0459 e. The summed E-state index contributed by atoms with van der Waals surface area (Å²) in [5, 5.41) is 1.44. The number of hydrogen-bond acceptors (Lipinski definition) is 1. The van der Waals surface area contributed by atoms with Gasteiger partial charge in [-0.15, -0.1) is 0 Å². The first-order valence-electron chi connectivity index (χ1n) is 9.72. The van der Waals surface area contributed by atoms with Crippen molar-refractivity contribution in [2.75, 3.05) is 6.54 Å². The van der Waals surface area contributed by atoms with Crippen LogP contribution in [0.15, 0.2) is 54.6 Å². The van der Waals surface area contributed by atoms with Crippen LogP contribution < -0.4 is 0 Å². The van der Waals surface area contributed by atoms with Gasteiger partial charge in [0.05, 0.1) is 0 Å². The molecule has 1 fully saturated rings. The Morgan fingerprint density at radius 1 is 1.04 bits per heavy atom. The van der Waals surface area contributed by atoms with Gasteiger partial charge in [-0.3, -0.25) is 4.90 Å². The first kappa shape index (κ1) is 15.2. The normalized spacial score (nSPS) is 25.9.